The largest absolute Gasteiger partial charge is 0.297 e. The molecule has 3 aromatic rings. The molecule has 3 rings (SSSR count). The minimum atomic E-state index is 0.0812. The molecule has 0 amide bonds. The number of hydrogen-bond donors (Lipinski definition) is 2. The van der Waals surface area contributed by atoms with Gasteiger partial charge in [0.15, 0.2) is 4.96 Å². The second kappa shape index (κ2) is 5.58. The van der Waals surface area contributed by atoms with E-state index >= 15 is 0 Å². The Balaban J connectivity index is 1.87. The van der Waals surface area contributed by atoms with Gasteiger partial charge in [0.25, 0.3) is 0 Å². The Kier molecular flexibility index (Phi) is 3.83. The van der Waals surface area contributed by atoms with Gasteiger partial charge in [-0.3, -0.25) is 15.7 Å². The number of imidazole rings is 1. The van der Waals surface area contributed by atoms with Crippen LogP contribution in [0.5, 0.6) is 0 Å². The lowest BCUT2D eigenvalue weighted by Gasteiger charge is -2.16. The summed E-state index contributed by atoms with van der Waals surface area (Å²) in [5.74, 6) is 5.71. The van der Waals surface area contributed by atoms with Gasteiger partial charge in [0.2, 0.25) is 0 Å². The van der Waals surface area contributed by atoms with Crippen molar-refractivity contribution in [3.63, 3.8) is 0 Å². The highest BCUT2D eigenvalue weighted by Gasteiger charge is 2.15. The summed E-state index contributed by atoms with van der Waals surface area (Å²) in [5.41, 5.74) is 5.15. The maximum Gasteiger partial charge on any atom is 0.193 e. The van der Waals surface area contributed by atoms with E-state index in [0.29, 0.717) is 0 Å². The average molecular weight is 384 g/mol. The quantitative estimate of drug-likeness (QED) is 0.413. The fourth-order valence-electron chi connectivity index (χ4n) is 2.10. The Morgan fingerprint density at radius 1 is 1.42 bits per heavy atom. The molecule has 2 aromatic heterocycles. The Bertz CT molecular complexity index is 662. The van der Waals surface area contributed by atoms with E-state index in [1.165, 1.54) is 9.13 Å². The van der Waals surface area contributed by atoms with Gasteiger partial charge in [0.05, 0.1) is 11.7 Å². The number of fused-ring (bicyclic) bond motifs is 1. The van der Waals surface area contributed by atoms with Crippen LogP contribution in [0.4, 0.5) is 0 Å². The summed E-state index contributed by atoms with van der Waals surface area (Å²) in [4.78, 5) is 5.62. The van der Waals surface area contributed by atoms with E-state index in [0.717, 1.165) is 17.1 Å². The zero-order chi connectivity index (χ0) is 13.2. The first-order valence-corrected chi connectivity index (χ1v) is 7.85. The first-order valence-electron chi connectivity index (χ1n) is 5.89. The molecule has 0 bridgehead atoms. The summed E-state index contributed by atoms with van der Waals surface area (Å²) in [6.45, 7) is 0. The molecule has 0 radical (unpaired) electrons. The normalized spacial score (nSPS) is 12.9. The number of aromatic nitrogens is 2. The van der Waals surface area contributed by atoms with Gasteiger partial charge in [-0.05, 0) is 34.2 Å². The summed E-state index contributed by atoms with van der Waals surface area (Å²) >= 11 is 3.98. The molecule has 6 heteroatoms. The molecule has 1 unspecified atom stereocenters. The van der Waals surface area contributed by atoms with E-state index < -0.39 is 0 Å². The second-order valence-electron chi connectivity index (χ2n) is 4.27. The molecule has 0 aliphatic rings. The number of nitrogens with two attached hydrogens (primary N) is 1. The maximum absolute atomic E-state index is 5.71. The summed E-state index contributed by atoms with van der Waals surface area (Å²) < 4.78 is 3.26. The lowest BCUT2D eigenvalue weighted by atomic mass is 10.0. The van der Waals surface area contributed by atoms with Crippen LogP contribution in [0.25, 0.3) is 4.96 Å². The topological polar surface area (TPSA) is 55.3 Å². The van der Waals surface area contributed by atoms with Crippen molar-refractivity contribution in [1.29, 1.82) is 0 Å². The second-order valence-corrected chi connectivity index (χ2v) is 6.31. The molecule has 0 aliphatic heterocycles. The number of hydrazine groups is 1. The smallest absolute Gasteiger partial charge is 0.193 e. The van der Waals surface area contributed by atoms with Crippen molar-refractivity contribution in [2.75, 3.05) is 0 Å². The highest BCUT2D eigenvalue weighted by molar-refractivity contribution is 14.1. The Hall–Kier alpha value is -0.960. The lowest BCUT2D eigenvalue weighted by Crippen LogP contribution is -2.30. The summed E-state index contributed by atoms with van der Waals surface area (Å²) in [6, 6.07) is 8.34. The number of thiazole rings is 1. The minimum absolute atomic E-state index is 0.0812. The highest BCUT2D eigenvalue weighted by atomic mass is 127. The number of benzene rings is 1. The molecule has 98 valence electrons. The zero-order valence-corrected chi connectivity index (χ0v) is 13.1. The van der Waals surface area contributed by atoms with Crippen molar-refractivity contribution < 1.29 is 0 Å². The molecule has 0 saturated carbocycles. The van der Waals surface area contributed by atoms with Gasteiger partial charge >= 0.3 is 0 Å². The van der Waals surface area contributed by atoms with Crippen molar-refractivity contribution in [3.8, 4) is 0 Å². The first-order chi connectivity index (χ1) is 9.28. The van der Waals surface area contributed by atoms with Crippen LogP contribution in [-0.2, 0) is 6.42 Å². The third-order valence-corrected chi connectivity index (χ3v) is 4.79. The van der Waals surface area contributed by atoms with Crippen molar-refractivity contribution >= 4 is 38.9 Å². The van der Waals surface area contributed by atoms with Gasteiger partial charge in [-0.15, -0.1) is 11.3 Å². The molecule has 19 heavy (non-hydrogen) atoms. The molecule has 0 saturated heterocycles. The fraction of sp³-hybridized carbons (Fsp3) is 0.154. The van der Waals surface area contributed by atoms with Gasteiger partial charge in [-0.2, -0.15) is 0 Å². The van der Waals surface area contributed by atoms with Crippen molar-refractivity contribution in [2.24, 2.45) is 5.84 Å². The molecule has 1 aromatic carbocycles. The fourth-order valence-corrected chi connectivity index (χ4v) is 3.58. The van der Waals surface area contributed by atoms with Crippen LogP contribution < -0.4 is 11.3 Å². The summed E-state index contributed by atoms with van der Waals surface area (Å²) in [7, 11) is 0. The van der Waals surface area contributed by atoms with Gasteiger partial charge in [0.1, 0.15) is 0 Å². The molecular formula is C13H13IN4S. The SMILES string of the molecule is NNC(Cc1cn2ccsc2n1)c1ccccc1I. The molecular weight excluding hydrogens is 371 g/mol. The van der Waals surface area contributed by atoms with Gasteiger partial charge in [-0.25, -0.2) is 4.98 Å². The molecule has 3 N–H and O–H groups in total. The Morgan fingerprint density at radius 3 is 3.00 bits per heavy atom. The van der Waals surface area contributed by atoms with Crippen LogP contribution in [0.1, 0.15) is 17.3 Å². The van der Waals surface area contributed by atoms with Crippen molar-refractivity contribution in [1.82, 2.24) is 14.8 Å². The van der Waals surface area contributed by atoms with Crippen LogP contribution in [-0.4, -0.2) is 9.38 Å². The number of rotatable bonds is 4. The zero-order valence-electron chi connectivity index (χ0n) is 10.1. The maximum atomic E-state index is 5.71. The predicted molar refractivity (Wildman–Crippen MR) is 86.0 cm³/mol. The molecule has 1 atom stereocenters. The molecule has 2 heterocycles. The number of nitrogens with one attached hydrogen (secondary N) is 1. The lowest BCUT2D eigenvalue weighted by molar-refractivity contribution is 0.545. The van der Waals surface area contributed by atoms with Crippen LogP contribution in [0.3, 0.4) is 0 Å². The van der Waals surface area contributed by atoms with E-state index in [2.05, 4.69) is 51.3 Å². The van der Waals surface area contributed by atoms with E-state index in [1.807, 2.05) is 28.1 Å². The molecule has 4 nitrogen and oxygen atoms in total. The van der Waals surface area contributed by atoms with Gasteiger partial charge in [-0.1, -0.05) is 18.2 Å². The molecule has 0 fully saturated rings. The third-order valence-electron chi connectivity index (χ3n) is 3.04. The van der Waals surface area contributed by atoms with Crippen molar-refractivity contribution in [3.05, 3.63) is 56.9 Å². The van der Waals surface area contributed by atoms with Gasteiger partial charge in [0, 0.05) is 27.8 Å². The Morgan fingerprint density at radius 2 is 2.26 bits per heavy atom. The number of nitrogens with zero attached hydrogens (tertiary/aromatic N) is 2. The van der Waals surface area contributed by atoms with E-state index in [1.54, 1.807) is 11.3 Å². The monoisotopic (exact) mass is 384 g/mol. The average Bonchev–Trinajstić information content (AvgIpc) is 2.97. The summed E-state index contributed by atoms with van der Waals surface area (Å²) in [5, 5.41) is 2.03. The van der Waals surface area contributed by atoms with Crippen LogP contribution in [0.2, 0.25) is 0 Å². The van der Waals surface area contributed by atoms with Crippen LogP contribution in [0.15, 0.2) is 42.0 Å². The standard InChI is InChI=1S/C13H13IN4S/c14-11-4-2-1-3-10(11)12(17-15)7-9-8-18-5-6-19-13(18)16-9/h1-6,8,12,17H,7,15H2. The third kappa shape index (κ3) is 2.66. The number of halogens is 1. The van der Waals surface area contributed by atoms with Gasteiger partial charge < -0.3 is 0 Å². The molecule has 0 aliphatic carbocycles. The predicted octanol–water partition coefficient (Wildman–Crippen LogP) is 2.75. The van der Waals surface area contributed by atoms with E-state index in [-0.39, 0.29) is 6.04 Å². The highest BCUT2D eigenvalue weighted by Crippen LogP contribution is 2.23. The summed E-state index contributed by atoms with van der Waals surface area (Å²) in [6.07, 6.45) is 4.87. The van der Waals surface area contributed by atoms with Crippen LogP contribution >= 0.6 is 33.9 Å². The molecule has 0 spiro atoms. The number of hydrogen-bond acceptors (Lipinski definition) is 4. The minimum Gasteiger partial charge on any atom is -0.297 e. The van der Waals surface area contributed by atoms with E-state index in [4.69, 9.17) is 5.84 Å². The van der Waals surface area contributed by atoms with Crippen LogP contribution in [0, 0.1) is 3.57 Å². The van der Waals surface area contributed by atoms with E-state index in [9.17, 15) is 0 Å². The van der Waals surface area contributed by atoms with Crippen molar-refractivity contribution in [2.45, 2.75) is 12.5 Å². The first kappa shape index (κ1) is 13.0. The Labute approximate surface area is 128 Å².